The van der Waals surface area contributed by atoms with Crippen molar-refractivity contribution in [2.75, 3.05) is 46.9 Å². The summed E-state index contributed by atoms with van der Waals surface area (Å²) >= 11 is 1.98. The summed E-state index contributed by atoms with van der Waals surface area (Å²) in [6.45, 7) is 11.9. The molecule has 0 aliphatic carbocycles. The Hall–Kier alpha value is -1.65. The summed E-state index contributed by atoms with van der Waals surface area (Å²) in [7, 11) is 1.65. The molecule has 47 heavy (non-hydrogen) atoms. The van der Waals surface area contributed by atoms with E-state index in [2.05, 4.69) is 70.2 Å². The molecule has 2 aromatic rings. The SMILES string of the molecule is CCCCOCC1OC(c2cc(CC3Cc4ccccc4S3)ccc2OCOC)[C@H](OCCCC)[C@@H](OCCCC)[C@@H]1OCCCC. The molecule has 3 unspecified atom stereocenters. The monoisotopic (exact) mass is 672 g/mol. The van der Waals surface area contributed by atoms with Crippen LogP contribution >= 0.6 is 11.8 Å². The fourth-order valence-electron chi connectivity index (χ4n) is 6.24. The van der Waals surface area contributed by atoms with Crippen LogP contribution < -0.4 is 4.74 Å². The van der Waals surface area contributed by atoms with Crippen LogP contribution in [0.15, 0.2) is 47.4 Å². The molecule has 0 amide bonds. The summed E-state index contributed by atoms with van der Waals surface area (Å²) in [6.07, 6.45) is 8.46. The number of hydrogen-bond donors (Lipinski definition) is 0. The second-order valence-electron chi connectivity index (χ2n) is 12.8. The summed E-state index contributed by atoms with van der Waals surface area (Å²) in [5.74, 6) is 0.746. The lowest BCUT2D eigenvalue weighted by molar-refractivity contribution is -0.268. The molecule has 2 aromatic carbocycles. The molecular formula is C39H60O7S. The number of ether oxygens (including phenoxy) is 7. The number of fused-ring (bicyclic) bond motifs is 1. The Bertz CT molecular complexity index is 1120. The van der Waals surface area contributed by atoms with Crippen LogP contribution in [0.3, 0.4) is 0 Å². The van der Waals surface area contributed by atoms with Crippen molar-refractivity contribution in [3.63, 3.8) is 0 Å². The average Bonchev–Trinajstić information content (AvgIpc) is 3.50. The van der Waals surface area contributed by atoms with Crippen LogP contribution in [0.1, 0.15) is 102 Å². The minimum absolute atomic E-state index is 0.150. The molecule has 2 aliphatic rings. The fourth-order valence-corrected chi connectivity index (χ4v) is 7.60. The van der Waals surface area contributed by atoms with Gasteiger partial charge in [-0.05, 0) is 67.9 Å². The molecule has 2 heterocycles. The summed E-state index contributed by atoms with van der Waals surface area (Å²) in [5.41, 5.74) is 3.66. The number of methoxy groups -OCH3 is 1. The Balaban J connectivity index is 1.70. The van der Waals surface area contributed by atoms with Gasteiger partial charge in [-0.2, -0.15) is 0 Å². The van der Waals surface area contributed by atoms with Gasteiger partial charge in [-0.3, -0.25) is 0 Å². The van der Waals surface area contributed by atoms with Gasteiger partial charge in [0.15, 0.2) is 6.79 Å². The third-order valence-corrected chi connectivity index (χ3v) is 10.2. The van der Waals surface area contributed by atoms with E-state index in [9.17, 15) is 0 Å². The van der Waals surface area contributed by atoms with Gasteiger partial charge in [-0.25, -0.2) is 0 Å². The van der Waals surface area contributed by atoms with Crippen molar-refractivity contribution >= 4 is 11.8 Å². The largest absolute Gasteiger partial charge is 0.467 e. The maximum absolute atomic E-state index is 7.09. The summed E-state index contributed by atoms with van der Waals surface area (Å²) in [4.78, 5) is 1.39. The standard InChI is InChI=1S/C39H60O7S/c1-6-10-20-41-27-34-37(42-21-11-7-2)39(44-23-13-9-4)38(43-22-12-8-3)36(46-34)32-25-29(18-19-33(32)45-28-40-5)24-31-26-30-16-14-15-17-35(30)47-31/h14-19,25,31,34,36-39H,6-13,20-24,26-28H2,1-5H3/t31?,34?,36?,37-,38+,39+/m1/s1. The molecule has 0 aromatic heterocycles. The van der Waals surface area contributed by atoms with Gasteiger partial charge in [0.25, 0.3) is 0 Å². The topological polar surface area (TPSA) is 64.6 Å². The number of hydrogen-bond acceptors (Lipinski definition) is 8. The smallest absolute Gasteiger partial charge is 0.188 e. The normalized spacial score (nSPS) is 24.0. The third-order valence-electron chi connectivity index (χ3n) is 8.87. The second kappa shape index (κ2) is 21.4. The molecule has 7 nitrogen and oxygen atoms in total. The molecule has 8 heteroatoms. The Labute approximate surface area is 288 Å². The Morgan fingerprint density at radius 2 is 1.43 bits per heavy atom. The van der Waals surface area contributed by atoms with Crippen molar-refractivity contribution in [2.45, 2.75) is 133 Å². The fraction of sp³-hybridized carbons (Fsp3) is 0.692. The molecule has 1 fully saturated rings. The summed E-state index contributed by atoms with van der Waals surface area (Å²) in [5, 5.41) is 0.482. The van der Waals surface area contributed by atoms with Crippen LogP contribution in [0, 0.1) is 0 Å². The minimum atomic E-state index is -0.426. The van der Waals surface area contributed by atoms with Gasteiger partial charge in [0.1, 0.15) is 36.3 Å². The summed E-state index contributed by atoms with van der Waals surface area (Å²) in [6, 6.07) is 15.3. The zero-order valence-electron chi connectivity index (χ0n) is 29.6. The van der Waals surface area contributed by atoms with E-state index in [0.29, 0.717) is 38.3 Å². The van der Waals surface area contributed by atoms with Crippen molar-refractivity contribution in [3.8, 4) is 5.75 Å². The molecule has 6 atom stereocenters. The first kappa shape index (κ1) is 38.2. The van der Waals surface area contributed by atoms with Gasteiger partial charge in [0, 0.05) is 49.2 Å². The third kappa shape index (κ3) is 11.4. The molecule has 1 saturated heterocycles. The van der Waals surface area contributed by atoms with Crippen LogP contribution in [0.2, 0.25) is 0 Å². The van der Waals surface area contributed by atoms with Gasteiger partial charge in [0.2, 0.25) is 0 Å². The van der Waals surface area contributed by atoms with Crippen LogP contribution in [0.5, 0.6) is 5.75 Å². The highest BCUT2D eigenvalue weighted by Gasteiger charge is 2.49. The lowest BCUT2D eigenvalue weighted by Crippen LogP contribution is -2.58. The zero-order chi connectivity index (χ0) is 33.3. The van der Waals surface area contributed by atoms with E-state index < -0.39 is 6.10 Å². The highest BCUT2D eigenvalue weighted by molar-refractivity contribution is 8.00. The molecule has 0 saturated carbocycles. The maximum atomic E-state index is 7.09. The van der Waals surface area contributed by atoms with Gasteiger partial charge >= 0.3 is 0 Å². The maximum Gasteiger partial charge on any atom is 0.188 e. The van der Waals surface area contributed by atoms with Crippen LogP contribution in [-0.2, 0) is 41.3 Å². The average molecular weight is 673 g/mol. The predicted molar refractivity (Wildman–Crippen MR) is 190 cm³/mol. The summed E-state index contributed by atoms with van der Waals surface area (Å²) < 4.78 is 45.1. The van der Waals surface area contributed by atoms with Crippen LogP contribution in [-0.4, -0.2) is 76.6 Å². The predicted octanol–water partition coefficient (Wildman–Crippen LogP) is 8.74. The van der Waals surface area contributed by atoms with E-state index in [1.807, 2.05) is 11.8 Å². The van der Waals surface area contributed by atoms with Crippen LogP contribution in [0.25, 0.3) is 0 Å². The quantitative estimate of drug-likeness (QED) is 0.0858. The van der Waals surface area contributed by atoms with E-state index in [-0.39, 0.29) is 31.2 Å². The highest BCUT2D eigenvalue weighted by atomic mass is 32.2. The molecule has 264 valence electrons. The number of unbranched alkanes of at least 4 members (excludes halogenated alkanes) is 4. The highest BCUT2D eigenvalue weighted by Crippen LogP contribution is 2.43. The molecule has 0 spiro atoms. The van der Waals surface area contributed by atoms with Crippen LogP contribution in [0.4, 0.5) is 0 Å². The first-order valence-corrected chi connectivity index (χ1v) is 19.1. The molecular weight excluding hydrogens is 612 g/mol. The van der Waals surface area contributed by atoms with Gasteiger partial charge in [-0.15, -0.1) is 11.8 Å². The Morgan fingerprint density at radius 1 is 0.766 bits per heavy atom. The lowest BCUT2D eigenvalue weighted by atomic mass is 9.88. The molecule has 0 bridgehead atoms. The molecule has 2 aliphatic heterocycles. The van der Waals surface area contributed by atoms with Crippen molar-refractivity contribution in [1.82, 2.24) is 0 Å². The number of rotatable bonds is 23. The van der Waals surface area contributed by atoms with Gasteiger partial charge < -0.3 is 33.2 Å². The molecule has 0 radical (unpaired) electrons. The molecule has 0 N–H and O–H groups in total. The van der Waals surface area contributed by atoms with E-state index in [1.54, 1.807) is 7.11 Å². The first-order chi connectivity index (χ1) is 23.1. The van der Waals surface area contributed by atoms with E-state index in [0.717, 1.165) is 75.5 Å². The van der Waals surface area contributed by atoms with E-state index in [4.69, 9.17) is 33.2 Å². The zero-order valence-corrected chi connectivity index (χ0v) is 30.4. The molecule has 4 rings (SSSR count). The van der Waals surface area contributed by atoms with Crippen molar-refractivity contribution in [1.29, 1.82) is 0 Å². The van der Waals surface area contributed by atoms with Gasteiger partial charge in [0.05, 0.1) is 6.61 Å². The second-order valence-corrected chi connectivity index (χ2v) is 14.1. The van der Waals surface area contributed by atoms with E-state index in [1.165, 1.54) is 16.0 Å². The van der Waals surface area contributed by atoms with Crippen molar-refractivity contribution in [3.05, 3.63) is 59.2 Å². The Kier molecular flexibility index (Phi) is 17.4. The Morgan fingerprint density at radius 3 is 2.11 bits per heavy atom. The first-order valence-electron chi connectivity index (χ1n) is 18.2. The van der Waals surface area contributed by atoms with Crippen molar-refractivity contribution in [2.24, 2.45) is 0 Å². The lowest BCUT2D eigenvalue weighted by Gasteiger charge is -2.46. The minimum Gasteiger partial charge on any atom is -0.467 e. The van der Waals surface area contributed by atoms with Crippen molar-refractivity contribution < 1.29 is 33.2 Å². The number of thioether (sulfide) groups is 1. The van der Waals surface area contributed by atoms with E-state index >= 15 is 0 Å². The van der Waals surface area contributed by atoms with Gasteiger partial charge in [-0.1, -0.05) is 77.6 Å². The number of benzene rings is 2.